The number of fused-ring (bicyclic) bond motifs is 3. The highest BCUT2D eigenvalue weighted by atomic mass is 32.2. The number of rotatable bonds is 8. The van der Waals surface area contributed by atoms with Crippen molar-refractivity contribution in [3.05, 3.63) is 62.3 Å². The van der Waals surface area contributed by atoms with E-state index in [1.54, 1.807) is 35.2 Å². The third-order valence-corrected chi connectivity index (χ3v) is 7.44. The van der Waals surface area contributed by atoms with Crippen LogP contribution >= 0.6 is 23.1 Å². The first kappa shape index (κ1) is 21.1. The number of amides is 1. The van der Waals surface area contributed by atoms with Gasteiger partial charge in [-0.2, -0.15) is 11.8 Å². The fraction of sp³-hybridized carbons (Fsp3) is 0.409. The Bertz CT molecular complexity index is 1110. The smallest absolute Gasteiger partial charge is 0.259 e. The number of hydrogen-bond acceptors (Lipinski definition) is 5. The average Bonchev–Trinajstić information content (AvgIpc) is 3.12. The molecule has 4 rings (SSSR count). The van der Waals surface area contributed by atoms with Gasteiger partial charge in [0.2, 0.25) is 5.91 Å². The second-order valence-corrected chi connectivity index (χ2v) is 9.59. The van der Waals surface area contributed by atoms with E-state index in [-0.39, 0.29) is 23.7 Å². The van der Waals surface area contributed by atoms with Crippen molar-refractivity contribution in [2.24, 2.45) is 0 Å². The van der Waals surface area contributed by atoms with Crippen molar-refractivity contribution in [3.8, 4) is 0 Å². The van der Waals surface area contributed by atoms with Crippen LogP contribution in [0.25, 0.3) is 10.2 Å². The molecule has 0 unspecified atom stereocenters. The Morgan fingerprint density at radius 2 is 2.10 bits per heavy atom. The maximum Gasteiger partial charge on any atom is 0.259 e. The van der Waals surface area contributed by atoms with Crippen molar-refractivity contribution in [1.82, 2.24) is 15.3 Å². The summed E-state index contributed by atoms with van der Waals surface area (Å²) in [7, 11) is 0. The normalized spacial score (nSPS) is 13.4. The van der Waals surface area contributed by atoms with Crippen LogP contribution in [-0.4, -0.2) is 28.2 Å². The molecule has 30 heavy (non-hydrogen) atoms. The van der Waals surface area contributed by atoms with Gasteiger partial charge in [-0.05, 0) is 42.9 Å². The molecular formula is C22H24FN3O2S2. The van der Waals surface area contributed by atoms with Gasteiger partial charge in [0.25, 0.3) is 5.56 Å². The van der Waals surface area contributed by atoms with Crippen molar-refractivity contribution in [2.45, 2.75) is 44.3 Å². The molecule has 158 valence electrons. The summed E-state index contributed by atoms with van der Waals surface area (Å²) >= 11 is 3.20. The number of aromatic amines is 1. The average molecular weight is 446 g/mol. The third-order valence-electron chi connectivity index (χ3n) is 5.25. The highest BCUT2D eigenvalue weighted by Crippen LogP contribution is 2.33. The van der Waals surface area contributed by atoms with Crippen LogP contribution in [-0.2, 0) is 29.8 Å². The molecule has 0 saturated carbocycles. The molecule has 1 amide bonds. The minimum Gasteiger partial charge on any atom is -0.355 e. The second-order valence-electron chi connectivity index (χ2n) is 7.40. The van der Waals surface area contributed by atoms with E-state index < -0.39 is 0 Å². The number of carbonyl (C=O) groups is 1. The van der Waals surface area contributed by atoms with Gasteiger partial charge in [-0.15, -0.1) is 11.3 Å². The first-order chi connectivity index (χ1) is 14.6. The van der Waals surface area contributed by atoms with Crippen molar-refractivity contribution >= 4 is 39.2 Å². The first-order valence-electron chi connectivity index (χ1n) is 10.2. The minimum atomic E-state index is -0.195. The molecule has 2 N–H and O–H groups in total. The molecule has 0 atom stereocenters. The quantitative estimate of drug-likeness (QED) is 0.514. The van der Waals surface area contributed by atoms with Crippen LogP contribution in [0.5, 0.6) is 0 Å². The van der Waals surface area contributed by atoms with Crippen LogP contribution in [0.4, 0.5) is 4.39 Å². The SMILES string of the molecule is O=C(CCc1nc2sc3c(c2c(=O)[nH]1)CCCC3)NCCSCc1ccccc1F. The van der Waals surface area contributed by atoms with Gasteiger partial charge >= 0.3 is 0 Å². The summed E-state index contributed by atoms with van der Waals surface area (Å²) in [6.45, 7) is 0.526. The molecule has 5 nitrogen and oxygen atoms in total. The number of nitrogens with one attached hydrogen (secondary N) is 2. The number of benzene rings is 1. The number of carbonyl (C=O) groups excluding carboxylic acids is 1. The highest BCUT2D eigenvalue weighted by Gasteiger charge is 2.19. The Morgan fingerprint density at radius 1 is 1.27 bits per heavy atom. The maximum absolute atomic E-state index is 13.6. The number of aryl methyl sites for hydroxylation is 3. The summed E-state index contributed by atoms with van der Waals surface area (Å²) in [6.07, 6.45) is 4.96. The lowest BCUT2D eigenvalue weighted by Gasteiger charge is -2.09. The van der Waals surface area contributed by atoms with Gasteiger partial charge in [0.05, 0.1) is 5.39 Å². The monoisotopic (exact) mass is 445 g/mol. The summed E-state index contributed by atoms with van der Waals surface area (Å²) in [5.41, 5.74) is 1.76. The van der Waals surface area contributed by atoms with Crippen molar-refractivity contribution in [3.63, 3.8) is 0 Å². The molecule has 0 spiro atoms. The lowest BCUT2D eigenvalue weighted by Crippen LogP contribution is -2.26. The van der Waals surface area contributed by atoms with E-state index in [0.29, 0.717) is 35.9 Å². The zero-order chi connectivity index (χ0) is 20.9. The Hall–Kier alpha value is -2.19. The predicted molar refractivity (Wildman–Crippen MR) is 121 cm³/mol. The van der Waals surface area contributed by atoms with Gasteiger partial charge in [-0.1, -0.05) is 18.2 Å². The lowest BCUT2D eigenvalue weighted by molar-refractivity contribution is -0.120. The summed E-state index contributed by atoms with van der Waals surface area (Å²) in [6, 6.07) is 6.73. The Balaban J connectivity index is 1.24. The largest absolute Gasteiger partial charge is 0.355 e. The number of thioether (sulfide) groups is 1. The maximum atomic E-state index is 13.6. The molecule has 0 radical (unpaired) electrons. The van der Waals surface area contributed by atoms with Crippen LogP contribution in [0.15, 0.2) is 29.1 Å². The number of thiophene rings is 1. The number of aromatic nitrogens is 2. The summed E-state index contributed by atoms with van der Waals surface area (Å²) in [5.74, 6) is 1.59. The van der Waals surface area contributed by atoms with Crippen molar-refractivity contribution < 1.29 is 9.18 Å². The van der Waals surface area contributed by atoms with Gasteiger partial charge in [-0.3, -0.25) is 9.59 Å². The molecule has 0 fully saturated rings. The summed E-state index contributed by atoms with van der Waals surface area (Å²) < 4.78 is 13.6. The van der Waals surface area contributed by atoms with Crippen LogP contribution in [0.2, 0.25) is 0 Å². The Morgan fingerprint density at radius 3 is 2.97 bits per heavy atom. The Labute approximate surface area is 182 Å². The topological polar surface area (TPSA) is 74.8 Å². The van der Waals surface area contributed by atoms with E-state index in [1.807, 2.05) is 6.07 Å². The number of nitrogens with zero attached hydrogens (tertiary/aromatic N) is 1. The molecule has 1 aliphatic rings. The molecule has 0 saturated heterocycles. The summed E-state index contributed by atoms with van der Waals surface area (Å²) in [5, 5.41) is 3.62. The number of H-pyrrole nitrogens is 1. The summed E-state index contributed by atoms with van der Waals surface area (Å²) in [4.78, 5) is 34.2. The first-order valence-corrected chi connectivity index (χ1v) is 12.2. The van der Waals surface area contributed by atoms with E-state index in [2.05, 4.69) is 15.3 Å². The molecular weight excluding hydrogens is 421 g/mol. The standard InChI is InChI=1S/C22H24FN3O2S2/c23-16-7-3-1-5-14(16)13-29-12-11-24-19(27)10-9-18-25-21(28)20-15-6-2-4-8-17(15)30-22(20)26-18/h1,3,5,7H,2,4,6,8-13H2,(H,24,27)(H,25,26,28). The fourth-order valence-corrected chi connectivity index (χ4v) is 5.83. The fourth-order valence-electron chi connectivity index (χ4n) is 3.71. The van der Waals surface area contributed by atoms with E-state index in [9.17, 15) is 14.0 Å². The predicted octanol–water partition coefficient (Wildman–Crippen LogP) is 3.98. The van der Waals surface area contributed by atoms with Gasteiger partial charge in [-0.25, -0.2) is 9.37 Å². The zero-order valence-corrected chi connectivity index (χ0v) is 18.3. The van der Waals surface area contributed by atoms with Crippen LogP contribution in [0.1, 0.15) is 41.1 Å². The van der Waals surface area contributed by atoms with Gasteiger partial charge in [0.15, 0.2) is 0 Å². The number of hydrogen-bond donors (Lipinski definition) is 2. The highest BCUT2D eigenvalue weighted by molar-refractivity contribution is 7.98. The third kappa shape index (κ3) is 4.92. The van der Waals surface area contributed by atoms with Gasteiger partial charge < -0.3 is 10.3 Å². The second kappa shape index (κ2) is 9.75. The van der Waals surface area contributed by atoms with Crippen LogP contribution < -0.4 is 10.9 Å². The van der Waals surface area contributed by atoms with E-state index >= 15 is 0 Å². The van der Waals surface area contributed by atoms with E-state index in [4.69, 9.17) is 0 Å². The van der Waals surface area contributed by atoms with Crippen LogP contribution in [0, 0.1) is 5.82 Å². The molecule has 0 bridgehead atoms. The Kier molecular flexibility index (Phi) is 6.84. The van der Waals surface area contributed by atoms with Gasteiger partial charge in [0, 0.05) is 35.8 Å². The van der Waals surface area contributed by atoms with Crippen molar-refractivity contribution in [2.75, 3.05) is 12.3 Å². The molecule has 1 aromatic carbocycles. The van der Waals surface area contributed by atoms with E-state index in [0.717, 1.165) is 29.5 Å². The van der Waals surface area contributed by atoms with E-state index in [1.165, 1.54) is 22.9 Å². The van der Waals surface area contributed by atoms with Crippen LogP contribution in [0.3, 0.4) is 0 Å². The minimum absolute atomic E-state index is 0.0743. The molecule has 2 aromatic heterocycles. The molecule has 0 aliphatic heterocycles. The van der Waals surface area contributed by atoms with Crippen molar-refractivity contribution in [1.29, 1.82) is 0 Å². The lowest BCUT2D eigenvalue weighted by atomic mass is 9.97. The molecule has 1 aliphatic carbocycles. The molecule has 8 heteroatoms. The zero-order valence-electron chi connectivity index (χ0n) is 16.6. The van der Waals surface area contributed by atoms with Gasteiger partial charge in [0.1, 0.15) is 16.5 Å². The molecule has 2 heterocycles. The number of halogens is 1. The molecule has 3 aromatic rings.